The highest BCUT2D eigenvalue weighted by Gasteiger charge is 2.17. The summed E-state index contributed by atoms with van der Waals surface area (Å²) >= 11 is 0. The number of hydrogen-bond donors (Lipinski definition) is 1. The van der Waals surface area contributed by atoms with Crippen molar-refractivity contribution in [1.29, 1.82) is 0 Å². The van der Waals surface area contributed by atoms with Crippen LogP contribution in [0.15, 0.2) is 18.5 Å². The molecule has 2 nitrogen and oxygen atoms in total. The molecular formula is C16H26N2. The summed E-state index contributed by atoms with van der Waals surface area (Å²) in [6, 6.07) is 2.85. The predicted octanol–water partition coefficient (Wildman–Crippen LogP) is 3.84. The summed E-state index contributed by atoms with van der Waals surface area (Å²) in [6.45, 7) is 5.47. The lowest BCUT2D eigenvalue weighted by molar-refractivity contribution is 0.425. The van der Waals surface area contributed by atoms with E-state index in [0.29, 0.717) is 6.04 Å². The van der Waals surface area contributed by atoms with Crippen molar-refractivity contribution in [3.63, 3.8) is 0 Å². The molecule has 100 valence electrons. The maximum atomic E-state index is 4.15. The Labute approximate surface area is 111 Å². The molecule has 1 aliphatic rings. The number of hydrogen-bond acceptors (Lipinski definition) is 2. The van der Waals surface area contributed by atoms with Crippen molar-refractivity contribution in [2.24, 2.45) is 5.92 Å². The number of nitrogens with one attached hydrogen (secondary N) is 1. The van der Waals surface area contributed by atoms with Crippen molar-refractivity contribution >= 4 is 0 Å². The van der Waals surface area contributed by atoms with E-state index in [-0.39, 0.29) is 0 Å². The van der Waals surface area contributed by atoms with Crippen LogP contribution in [0, 0.1) is 12.8 Å². The first-order valence-corrected chi connectivity index (χ1v) is 7.42. The molecule has 2 heteroatoms. The normalized spacial score (nSPS) is 24.8. The quantitative estimate of drug-likeness (QED) is 0.817. The minimum Gasteiger partial charge on any atom is -0.310 e. The van der Waals surface area contributed by atoms with Crippen molar-refractivity contribution in [2.75, 3.05) is 0 Å². The smallest absolute Gasteiger partial charge is 0.0300 e. The molecule has 18 heavy (non-hydrogen) atoms. The third kappa shape index (κ3) is 3.81. The first-order valence-electron chi connectivity index (χ1n) is 7.42. The van der Waals surface area contributed by atoms with Crippen LogP contribution in [0.1, 0.15) is 56.6 Å². The first kappa shape index (κ1) is 13.5. The van der Waals surface area contributed by atoms with Gasteiger partial charge in [-0.3, -0.25) is 4.98 Å². The van der Waals surface area contributed by atoms with Crippen LogP contribution in [0.25, 0.3) is 0 Å². The first-order chi connectivity index (χ1) is 8.79. The zero-order chi connectivity index (χ0) is 12.8. The topological polar surface area (TPSA) is 24.9 Å². The maximum Gasteiger partial charge on any atom is 0.0300 e. The van der Waals surface area contributed by atoms with Crippen LogP contribution in [0.2, 0.25) is 0 Å². The fourth-order valence-corrected chi connectivity index (χ4v) is 2.95. The molecule has 0 radical (unpaired) electrons. The van der Waals surface area contributed by atoms with Crippen molar-refractivity contribution in [3.8, 4) is 0 Å². The van der Waals surface area contributed by atoms with Crippen LogP contribution < -0.4 is 5.32 Å². The lowest BCUT2D eigenvalue weighted by Crippen LogP contribution is -2.28. The fourth-order valence-electron chi connectivity index (χ4n) is 2.95. The Morgan fingerprint density at radius 2 is 2.17 bits per heavy atom. The van der Waals surface area contributed by atoms with Crippen LogP contribution in [0.3, 0.4) is 0 Å². The van der Waals surface area contributed by atoms with Gasteiger partial charge in [-0.2, -0.15) is 0 Å². The Hall–Kier alpha value is -0.890. The van der Waals surface area contributed by atoms with E-state index >= 15 is 0 Å². The van der Waals surface area contributed by atoms with Gasteiger partial charge in [0.2, 0.25) is 0 Å². The average molecular weight is 246 g/mol. The zero-order valence-electron chi connectivity index (χ0n) is 11.8. The summed E-state index contributed by atoms with van der Waals surface area (Å²) in [5.41, 5.74) is 2.69. The van der Waals surface area contributed by atoms with Gasteiger partial charge in [-0.25, -0.2) is 0 Å². The van der Waals surface area contributed by atoms with Crippen LogP contribution in [-0.2, 0) is 6.54 Å². The van der Waals surface area contributed by atoms with Gasteiger partial charge in [-0.1, -0.05) is 26.2 Å². The average Bonchev–Trinajstić information content (AvgIpc) is 2.63. The molecule has 1 aromatic heterocycles. The highest BCUT2D eigenvalue weighted by atomic mass is 14.9. The SMILES string of the molecule is CCC1CCCC(NCc2ccncc2C)CC1. The number of rotatable bonds is 4. The van der Waals surface area contributed by atoms with Crippen molar-refractivity contribution in [3.05, 3.63) is 29.6 Å². The highest BCUT2D eigenvalue weighted by Crippen LogP contribution is 2.25. The molecular weight excluding hydrogens is 220 g/mol. The second-order valence-electron chi connectivity index (χ2n) is 5.66. The van der Waals surface area contributed by atoms with E-state index in [1.807, 2.05) is 12.4 Å². The predicted molar refractivity (Wildman–Crippen MR) is 76.5 cm³/mol. The van der Waals surface area contributed by atoms with E-state index < -0.39 is 0 Å². The van der Waals surface area contributed by atoms with Crippen molar-refractivity contribution in [1.82, 2.24) is 10.3 Å². The number of nitrogens with zero attached hydrogens (tertiary/aromatic N) is 1. The van der Waals surface area contributed by atoms with E-state index in [0.717, 1.165) is 12.5 Å². The van der Waals surface area contributed by atoms with Gasteiger partial charge >= 0.3 is 0 Å². The molecule has 0 aromatic carbocycles. The van der Waals surface area contributed by atoms with Crippen molar-refractivity contribution < 1.29 is 0 Å². The summed E-state index contributed by atoms with van der Waals surface area (Å²) in [4.78, 5) is 4.15. The maximum absolute atomic E-state index is 4.15. The van der Waals surface area contributed by atoms with Crippen molar-refractivity contribution in [2.45, 2.75) is 65.0 Å². The number of aromatic nitrogens is 1. The molecule has 1 aromatic rings. The van der Waals surface area contributed by atoms with Gasteiger partial charge in [-0.15, -0.1) is 0 Å². The Kier molecular flexibility index (Phi) is 5.18. The second kappa shape index (κ2) is 6.89. The lowest BCUT2D eigenvalue weighted by Gasteiger charge is -2.17. The molecule has 2 rings (SSSR count). The summed E-state index contributed by atoms with van der Waals surface area (Å²) in [5, 5.41) is 3.74. The third-order valence-corrected chi connectivity index (χ3v) is 4.38. The van der Waals surface area contributed by atoms with Gasteiger partial charge in [0, 0.05) is 25.0 Å². The van der Waals surface area contributed by atoms with Gasteiger partial charge in [0.1, 0.15) is 0 Å². The second-order valence-corrected chi connectivity index (χ2v) is 5.66. The zero-order valence-corrected chi connectivity index (χ0v) is 11.8. The van der Waals surface area contributed by atoms with Gasteiger partial charge < -0.3 is 5.32 Å². The van der Waals surface area contributed by atoms with E-state index in [4.69, 9.17) is 0 Å². The summed E-state index contributed by atoms with van der Waals surface area (Å²) in [5.74, 6) is 0.972. The molecule has 1 saturated carbocycles. The molecule has 0 amide bonds. The molecule has 0 aliphatic heterocycles. The van der Waals surface area contributed by atoms with Gasteiger partial charge in [0.05, 0.1) is 0 Å². The fraction of sp³-hybridized carbons (Fsp3) is 0.688. The van der Waals surface area contributed by atoms with E-state index in [9.17, 15) is 0 Å². The lowest BCUT2D eigenvalue weighted by atomic mass is 9.98. The van der Waals surface area contributed by atoms with Gasteiger partial charge in [-0.05, 0) is 49.3 Å². The summed E-state index contributed by atoms with van der Waals surface area (Å²) < 4.78 is 0. The molecule has 0 bridgehead atoms. The Bertz CT molecular complexity index is 362. The molecule has 2 unspecified atom stereocenters. The van der Waals surface area contributed by atoms with E-state index in [2.05, 4.69) is 30.2 Å². The molecule has 1 aliphatic carbocycles. The van der Waals surface area contributed by atoms with E-state index in [1.165, 1.54) is 49.7 Å². The minimum absolute atomic E-state index is 0.717. The van der Waals surface area contributed by atoms with Crippen LogP contribution in [0.4, 0.5) is 0 Å². The van der Waals surface area contributed by atoms with Gasteiger partial charge in [0.15, 0.2) is 0 Å². The molecule has 1 fully saturated rings. The highest BCUT2D eigenvalue weighted by molar-refractivity contribution is 5.21. The van der Waals surface area contributed by atoms with Crippen LogP contribution >= 0.6 is 0 Å². The Morgan fingerprint density at radius 3 is 2.94 bits per heavy atom. The summed E-state index contributed by atoms with van der Waals surface area (Å²) in [6.07, 6.45) is 12.1. The number of pyridine rings is 1. The minimum atomic E-state index is 0.717. The Morgan fingerprint density at radius 1 is 1.28 bits per heavy atom. The van der Waals surface area contributed by atoms with E-state index in [1.54, 1.807) is 0 Å². The monoisotopic (exact) mass is 246 g/mol. The van der Waals surface area contributed by atoms with Gasteiger partial charge in [0.25, 0.3) is 0 Å². The third-order valence-electron chi connectivity index (χ3n) is 4.38. The van der Waals surface area contributed by atoms with Crippen LogP contribution in [0.5, 0.6) is 0 Å². The van der Waals surface area contributed by atoms with Crippen LogP contribution in [-0.4, -0.2) is 11.0 Å². The number of aryl methyl sites for hydroxylation is 1. The molecule has 0 spiro atoms. The standard InChI is InChI=1S/C16H26N2/c1-3-14-5-4-6-16(8-7-14)18-12-15-9-10-17-11-13(15)2/h9-11,14,16,18H,3-8,12H2,1-2H3. The molecule has 0 saturated heterocycles. The molecule has 1 N–H and O–H groups in total. The molecule has 2 atom stereocenters. The summed E-state index contributed by atoms with van der Waals surface area (Å²) in [7, 11) is 0. The largest absolute Gasteiger partial charge is 0.310 e. The Balaban J connectivity index is 1.82. The molecule has 1 heterocycles.